The summed E-state index contributed by atoms with van der Waals surface area (Å²) in [6.45, 7) is 0.670. The molecule has 1 saturated heterocycles. The normalized spacial score (nSPS) is 16.8. The highest BCUT2D eigenvalue weighted by atomic mass is 79.9. The molecule has 0 N–H and O–H groups in total. The molecule has 0 radical (unpaired) electrons. The van der Waals surface area contributed by atoms with Crippen LogP contribution in [-0.4, -0.2) is 27.5 Å². The molecule has 1 amide bonds. The average Bonchev–Trinajstić information content (AvgIpc) is 3.31. The molecule has 0 saturated carbocycles. The summed E-state index contributed by atoms with van der Waals surface area (Å²) in [6, 6.07) is 14.5. The second-order valence-corrected chi connectivity index (χ2v) is 7.39. The summed E-state index contributed by atoms with van der Waals surface area (Å²) in [6.07, 6.45) is 1.71. The number of aromatic nitrogens is 2. The molecule has 1 fully saturated rings. The summed E-state index contributed by atoms with van der Waals surface area (Å²) in [5.41, 5.74) is 1.46. The Hall–Kier alpha value is -2.18. The van der Waals surface area contributed by atoms with Crippen LogP contribution in [0.2, 0.25) is 5.02 Å². The molecule has 2 heterocycles. The third kappa shape index (κ3) is 3.27. The van der Waals surface area contributed by atoms with Gasteiger partial charge < -0.3 is 9.42 Å². The van der Waals surface area contributed by atoms with Crippen LogP contribution in [-0.2, 0) is 0 Å². The maximum Gasteiger partial charge on any atom is 0.255 e. The van der Waals surface area contributed by atoms with Gasteiger partial charge in [0.1, 0.15) is 6.04 Å². The Morgan fingerprint density at radius 3 is 2.73 bits per heavy atom. The lowest BCUT2D eigenvalue weighted by atomic mass is 10.1. The van der Waals surface area contributed by atoms with Crippen molar-refractivity contribution in [3.05, 3.63) is 69.5 Å². The summed E-state index contributed by atoms with van der Waals surface area (Å²) < 4.78 is 6.26. The van der Waals surface area contributed by atoms with Crippen LogP contribution in [0.15, 0.2) is 57.5 Å². The Labute approximate surface area is 164 Å². The van der Waals surface area contributed by atoms with E-state index < -0.39 is 0 Å². The Morgan fingerprint density at radius 1 is 1.19 bits per heavy atom. The SMILES string of the molecule is O=C(c1ccccc1Br)N1CCCC1c1nc(-c2ccc(Cl)cc2)no1. The van der Waals surface area contributed by atoms with Gasteiger partial charge in [-0.15, -0.1) is 0 Å². The highest BCUT2D eigenvalue weighted by molar-refractivity contribution is 9.10. The van der Waals surface area contributed by atoms with Gasteiger partial charge >= 0.3 is 0 Å². The van der Waals surface area contributed by atoms with Gasteiger partial charge in [0.05, 0.1) is 5.56 Å². The minimum Gasteiger partial charge on any atom is -0.337 e. The van der Waals surface area contributed by atoms with Gasteiger partial charge in [-0.3, -0.25) is 4.79 Å². The molecule has 0 bridgehead atoms. The Morgan fingerprint density at radius 2 is 1.96 bits per heavy atom. The first-order chi connectivity index (χ1) is 12.6. The topological polar surface area (TPSA) is 59.2 Å². The van der Waals surface area contributed by atoms with E-state index in [1.54, 1.807) is 17.0 Å². The van der Waals surface area contributed by atoms with Crippen molar-refractivity contribution < 1.29 is 9.32 Å². The number of amides is 1. The zero-order valence-corrected chi connectivity index (χ0v) is 16.1. The van der Waals surface area contributed by atoms with Crippen LogP contribution in [0.4, 0.5) is 0 Å². The van der Waals surface area contributed by atoms with Crippen molar-refractivity contribution in [1.29, 1.82) is 0 Å². The van der Waals surface area contributed by atoms with E-state index in [0.29, 0.717) is 28.8 Å². The molecule has 132 valence electrons. The molecule has 1 atom stereocenters. The summed E-state index contributed by atoms with van der Waals surface area (Å²) >= 11 is 9.37. The van der Waals surface area contributed by atoms with Crippen molar-refractivity contribution in [2.45, 2.75) is 18.9 Å². The average molecular weight is 433 g/mol. The zero-order chi connectivity index (χ0) is 18.1. The quantitative estimate of drug-likeness (QED) is 0.576. The molecule has 1 unspecified atom stereocenters. The highest BCUT2D eigenvalue weighted by Gasteiger charge is 2.35. The maximum absolute atomic E-state index is 13.0. The number of likely N-dealkylation sites (tertiary alicyclic amines) is 1. The van der Waals surface area contributed by atoms with Gasteiger partial charge in [-0.05, 0) is 65.2 Å². The second kappa shape index (κ2) is 7.21. The van der Waals surface area contributed by atoms with Crippen LogP contribution in [0.1, 0.15) is 35.1 Å². The number of hydrogen-bond acceptors (Lipinski definition) is 4. The standard InChI is InChI=1S/C19H15BrClN3O2/c20-15-5-2-1-4-14(15)19(25)24-11-3-6-16(24)18-22-17(23-26-18)12-7-9-13(21)10-8-12/h1-2,4-5,7-10,16H,3,6,11H2. The number of benzene rings is 2. The van der Waals surface area contributed by atoms with Crippen molar-refractivity contribution in [1.82, 2.24) is 15.0 Å². The lowest BCUT2D eigenvalue weighted by Gasteiger charge is -2.22. The molecule has 7 heteroatoms. The number of carbonyl (C=O) groups excluding carboxylic acids is 1. The van der Waals surface area contributed by atoms with E-state index in [0.717, 1.165) is 22.9 Å². The van der Waals surface area contributed by atoms with E-state index in [4.69, 9.17) is 16.1 Å². The van der Waals surface area contributed by atoms with Crippen molar-refractivity contribution >= 4 is 33.4 Å². The number of nitrogens with zero attached hydrogens (tertiary/aromatic N) is 3. The van der Waals surface area contributed by atoms with Crippen molar-refractivity contribution in [3.63, 3.8) is 0 Å². The molecule has 2 aromatic carbocycles. The van der Waals surface area contributed by atoms with Gasteiger partial charge in [-0.1, -0.05) is 28.9 Å². The number of carbonyl (C=O) groups is 1. The number of hydrogen-bond donors (Lipinski definition) is 0. The van der Waals surface area contributed by atoms with Crippen LogP contribution in [0.3, 0.4) is 0 Å². The molecule has 4 rings (SSSR count). The number of halogens is 2. The van der Waals surface area contributed by atoms with Crippen LogP contribution >= 0.6 is 27.5 Å². The fourth-order valence-corrected chi connectivity index (χ4v) is 3.72. The summed E-state index contributed by atoms with van der Waals surface area (Å²) in [5, 5.41) is 4.72. The smallest absolute Gasteiger partial charge is 0.255 e. The van der Waals surface area contributed by atoms with Gasteiger partial charge in [-0.2, -0.15) is 4.98 Å². The molecule has 0 spiro atoms. The van der Waals surface area contributed by atoms with Gasteiger partial charge in [-0.25, -0.2) is 0 Å². The molecule has 1 aliphatic heterocycles. The van der Waals surface area contributed by atoms with E-state index in [-0.39, 0.29) is 11.9 Å². The first kappa shape index (κ1) is 17.2. The summed E-state index contributed by atoms with van der Waals surface area (Å²) in [4.78, 5) is 19.3. The fourth-order valence-electron chi connectivity index (χ4n) is 3.14. The largest absolute Gasteiger partial charge is 0.337 e. The maximum atomic E-state index is 13.0. The highest BCUT2D eigenvalue weighted by Crippen LogP contribution is 2.34. The molecular weight excluding hydrogens is 418 g/mol. The molecule has 3 aromatic rings. The Bertz CT molecular complexity index is 942. The Balaban J connectivity index is 1.60. The van der Waals surface area contributed by atoms with Crippen LogP contribution in [0.5, 0.6) is 0 Å². The molecular formula is C19H15BrClN3O2. The molecule has 5 nitrogen and oxygen atoms in total. The van der Waals surface area contributed by atoms with Crippen molar-refractivity contribution in [2.75, 3.05) is 6.54 Å². The Kier molecular flexibility index (Phi) is 4.78. The van der Waals surface area contributed by atoms with Gasteiger partial charge in [0.2, 0.25) is 11.7 Å². The monoisotopic (exact) mass is 431 g/mol. The molecule has 26 heavy (non-hydrogen) atoms. The van der Waals surface area contributed by atoms with Crippen LogP contribution < -0.4 is 0 Å². The minimum absolute atomic E-state index is 0.0359. The van der Waals surface area contributed by atoms with E-state index >= 15 is 0 Å². The van der Waals surface area contributed by atoms with Crippen LogP contribution in [0.25, 0.3) is 11.4 Å². The van der Waals surface area contributed by atoms with Crippen molar-refractivity contribution in [3.8, 4) is 11.4 Å². The molecule has 0 aliphatic carbocycles. The van der Waals surface area contributed by atoms with E-state index in [1.165, 1.54) is 0 Å². The van der Waals surface area contributed by atoms with E-state index in [9.17, 15) is 4.79 Å². The second-order valence-electron chi connectivity index (χ2n) is 6.10. The van der Waals surface area contributed by atoms with Gasteiger partial charge in [0, 0.05) is 21.6 Å². The third-order valence-electron chi connectivity index (χ3n) is 4.45. The molecule has 1 aromatic heterocycles. The summed E-state index contributed by atoms with van der Waals surface area (Å²) in [7, 11) is 0. The minimum atomic E-state index is -0.205. The van der Waals surface area contributed by atoms with Crippen molar-refractivity contribution in [2.24, 2.45) is 0 Å². The van der Waals surface area contributed by atoms with Gasteiger partial charge in [0.15, 0.2) is 0 Å². The molecule has 1 aliphatic rings. The first-order valence-corrected chi connectivity index (χ1v) is 9.45. The third-order valence-corrected chi connectivity index (χ3v) is 5.39. The first-order valence-electron chi connectivity index (χ1n) is 8.28. The van der Waals surface area contributed by atoms with E-state index in [1.807, 2.05) is 36.4 Å². The lowest BCUT2D eigenvalue weighted by Crippen LogP contribution is -2.31. The predicted octanol–water partition coefficient (Wildman–Crippen LogP) is 5.13. The van der Waals surface area contributed by atoms with Crippen LogP contribution in [0, 0.1) is 0 Å². The zero-order valence-electron chi connectivity index (χ0n) is 13.7. The van der Waals surface area contributed by atoms with E-state index in [2.05, 4.69) is 26.1 Å². The predicted molar refractivity (Wildman–Crippen MR) is 102 cm³/mol. The summed E-state index contributed by atoms with van der Waals surface area (Å²) in [5.74, 6) is 0.927. The fraction of sp³-hybridized carbons (Fsp3) is 0.211. The van der Waals surface area contributed by atoms with Gasteiger partial charge in [0.25, 0.3) is 5.91 Å². The number of rotatable bonds is 3. The lowest BCUT2D eigenvalue weighted by molar-refractivity contribution is 0.0709.